The predicted octanol–water partition coefficient (Wildman–Crippen LogP) is 3.71. The lowest BCUT2D eigenvalue weighted by atomic mass is 10.1. The van der Waals surface area contributed by atoms with Crippen LogP contribution in [-0.4, -0.2) is 36.9 Å². The molecule has 0 bridgehead atoms. The van der Waals surface area contributed by atoms with Crippen molar-refractivity contribution in [2.24, 2.45) is 0 Å². The Morgan fingerprint density at radius 2 is 2.07 bits per heavy atom. The first-order chi connectivity index (χ1) is 13.5. The van der Waals surface area contributed by atoms with Crippen molar-refractivity contribution in [3.63, 3.8) is 0 Å². The van der Waals surface area contributed by atoms with Crippen molar-refractivity contribution < 1.29 is 4.79 Å². The number of hydrogen-bond donors (Lipinski definition) is 1. The van der Waals surface area contributed by atoms with E-state index in [0.717, 1.165) is 35.5 Å². The summed E-state index contributed by atoms with van der Waals surface area (Å²) >= 11 is 1.43. The van der Waals surface area contributed by atoms with E-state index in [9.17, 15) is 4.79 Å². The standard InChI is InChI=1S/C21H23N5OS/c1-13-6-9-18(14(2)11-13)26-19(16-5-4-10-22-12-16)24-25-21(26)28-15(3)20(27)23-17-7-8-17/h4-6,9-12,15,17H,7-8H2,1-3H3,(H,23,27)/t15-/m1/s1. The summed E-state index contributed by atoms with van der Waals surface area (Å²) in [6.45, 7) is 6.06. The zero-order valence-corrected chi connectivity index (χ0v) is 17.0. The fourth-order valence-corrected chi connectivity index (χ4v) is 3.93. The SMILES string of the molecule is Cc1ccc(-n2c(S[C@H](C)C(=O)NC3CC3)nnc2-c2cccnc2)c(C)c1. The molecule has 2 aromatic heterocycles. The van der Waals surface area contributed by atoms with E-state index >= 15 is 0 Å². The molecule has 0 unspecified atom stereocenters. The third-order valence-corrected chi connectivity index (χ3v) is 5.76. The lowest BCUT2D eigenvalue weighted by Gasteiger charge is -2.15. The van der Waals surface area contributed by atoms with Gasteiger partial charge in [-0.15, -0.1) is 10.2 Å². The average Bonchev–Trinajstić information content (AvgIpc) is 3.41. The lowest BCUT2D eigenvalue weighted by molar-refractivity contribution is -0.120. The number of thioether (sulfide) groups is 1. The Balaban J connectivity index is 1.73. The molecule has 0 aliphatic heterocycles. The van der Waals surface area contributed by atoms with Crippen LogP contribution >= 0.6 is 11.8 Å². The number of aryl methyl sites for hydroxylation is 2. The first kappa shape index (κ1) is 18.7. The lowest BCUT2D eigenvalue weighted by Crippen LogP contribution is -2.32. The number of aromatic nitrogens is 4. The minimum Gasteiger partial charge on any atom is -0.352 e. The number of benzene rings is 1. The van der Waals surface area contributed by atoms with Crippen molar-refractivity contribution in [2.45, 2.75) is 50.1 Å². The van der Waals surface area contributed by atoms with Crippen LogP contribution in [0.1, 0.15) is 30.9 Å². The Morgan fingerprint density at radius 3 is 2.75 bits per heavy atom. The second-order valence-corrected chi connectivity index (χ2v) is 8.52. The quantitative estimate of drug-likeness (QED) is 0.647. The molecule has 6 nitrogen and oxygen atoms in total. The van der Waals surface area contributed by atoms with Gasteiger partial charge in [-0.25, -0.2) is 0 Å². The average molecular weight is 394 g/mol. The van der Waals surface area contributed by atoms with Crippen LogP contribution in [0, 0.1) is 13.8 Å². The van der Waals surface area contributed by atoms with Gasteiger partial charge in [0, 0.05) is 24.0 Å². The van der Waals surface area contributed by atoms with Gasteiger partial charge in [-0.2, -0.15) is 0 Å². The van der Waals surface area contributed by atoms with Crippen LogP contribution < -0.4 is 5.32 Å². The summed E-state index contributed by atoms with van der Waals surface area (Å²) in [4.78, 5) is 16.7. The molecular formula is C21H23N5OS. The predicted molar refractivity (Wildman–Crippen MR) is 111 cm³/mol. The van der Waals surface area contributed by atoms with Gasteiger partial charge < -0.3 is 5.32 Å². The van der Waals surface area contributed by atoms with Crippen molar-refractivity contribution in [3.05, 3.63) is 53.9 Å². The molecule has 1 aromatic carbocycles. The third kappa shape index (κ3) is 3.94. The fraction of sp³-hybridized carbons (Fsp3) is 0.333. The van der Waals surface area contributed by atoms with Crippen LogP contribution in [0.25, 0.3) is 17.1 Å². The molecule has 0 spiro atoms. The van der Waals surface area contributed by atoms with Gasteiger partial charge in [0.1, 0.15) is 0 Å². The molecule has 28 heavy (non-hydrogen) atoms. The van der Waals surface area contributed by atoms with Crippen molar-refractivity contribution in [2.75, 3.05) is 0 Å². The van der Waals surface area contributed by atoms with Gasteiger partial charge in [0.15, 0.2) is 11.0 Å². The van der Waals surface area contributed by atoms with E-state index in [0.29, 0.717) is 11.2 Å². The Labute approximate surface area is 168 Å². The molecule has 144 valence electrons. The first-order valence-electron chi connectivity index (χ1n) is 9.43. The van der Waals surface area contributed by atoms with Crippen LogP contribution in [0.4, 0.5) is 0 Å². The number of carbonyl (C=O) groups is 1. The van der Waals surface area contributed by atoms with Gasteiger partial charge in [-0.1, -0.05) is 29.5 Å². The largest absolute Gasteiger partial charge is 0.352 e. The van der Waals surface area contributed by atoms with E-state index in [1.807, 2.05) is 23.6 Å². The molecule has 1 aliphatic rings. The van der Waals surface area contributed by atoms with E-state index in [2.05, 4.69) is 52.5 Å². The van der Waals surface area contributed by atoms with Gasteiger partial charge in [0.05, 0.1) is 10.9 Å². The molecular weight excluding hydrogens is 370 g/mol. The van der Waals surface area contributed by atoms with E-state index in [1.165, 1.54) is 17.3 Å². The van der Waals surface area contributed by atoms with Crippen LogP contribution in [-0.2, 0) is 4.79 Å². The maximum atomic E-state index is 12.4. The van der Waals surface area contributed by atoms with Crippen molar-refractivity contribution in [3.8, 4) is 17.1 Å². The van der Waals surface area contributed by atoms with Crippen LogP contribution in [0.3, 0.4) is 0 Å². The van der Waals surface area contributed by atoms with Crippen LogP contribution in [0.2, 0.25) is 0 Å². The van der Waals surface area contributed by atoms with E-state index in [1.54, 1.807) is 12.4 Å². The molecule has 2 heterocycles. The van der Waals surface area contributed by atoms with Gasteiger partial charge >= 0.3 is 0 Å². The number of pyridine rings is 1. The highest BCUT2D eigenvalue weighted by atomic mass is 32.2. The summed E-state index contributed by atoms with van der Waals surface area (Å²) in [6.07, 6.45) is 5.67. The zero-order chi connectivity index (χ0) is 19.7. The maximum absolute atomic E-state index is 12.4. The number of hydrogen-bond acceptors (Lipinski definition) is 5. The minimum absolute atomic E-state index is 0.0469. The van der Waals surface area contributed by atoms with Crippen LogP contribution in [0.15, 0.2) is 47.9 Å². The highest BCUT2D eigenvalue weighted by molar-refractivity contribution is 8.00. The molecule has 1 atom stereocenters. The van der Waals surface area contributed by atoms with Gasteiger partial charge in [0.25, 0.3) is 0 Å². The topological polar surface area (TPSA) is 72.7 Å². The number of nitrogens with one attached hydrogen (secondary N) is 1. The second-order valence-electron chi connectivity index (χ2n) is 7.22. The molecule has 0 saturated heterocycles. The van der Waals surface area contributed by atoms with E-state index in [4.69, 9.17) is 0 Å². The highest BCUT2D eigenvalue weighted by Gasteiger charge is 2.28. The molecule has 1 amide bonds. The molecule has 1 fully saturated rings. The Kier molecular flexibility index (Phi) is 5.17. The summed E-state index contributed by atoms with van der Waals surface area (Å²) in [6, 6.07) is 10.5. The summed E-state index contributed by atoms with van der Waals surface area (Å²) < 4.78 is 2.03. The summed E-state index contributed by atoms with van der Waals surface area (Å²) in [5.74, 6) is 0.767. The summed E-state index contributed by atoms with van der Waals surface area (Å²) in [5, 5.41) is 12.4. The van der Waals surface area contributed by atoms with E-state index in [-0.39, 0.29) is 11.2 Å². The molecule has 3 aromatic rings. The van der Waals surface area contributed by atoms with Gasteiger partial charge in [0.2, 0.25) is 5.91 Å². The smallest absolute Gasteiger partial charge is 0.233 e. The zero-order valence-electron chi connectivity index (χ0n) is 16.2. The molecule has 7 heteroatoms. The van der Waals surface area contributed by atoms with Crippen molar-refractivity contribution in [1.29, 1.82) is 0 Å². The molecule has 1 saturated carbocycles. The Morgan fingerprint density at radius 1 is 1.25 bits per heavy atom. The van der Waals surface area contributed by atoms with E-state index < -0.39 is 0 Å². The minimum atomic E-state index is -0.254. The molecule has 0 radical (unpaired) electrons. The Hall–Kier alpha value is -2.67. The van der Waals surface area contributed by atoms with Gasteiger partial charge in [-0.3, -0.25) is 14.3 Å². The molecule has 1 aliphatic carbocycles. The first-order valence-corrected chi connectivity index (χ1v) is 10.3. The number of rotatable bonds is 6. The van der Waals surface area contributed by atoms with Crippen LogP contribution in [0.5, 0.6) is 0 Å². The second kappa shape index (κ2) is 7.75. The maximum Gasteiger partial charge on any atom is 0.233 e. The van der Waals surface area contributed by atoms with Gasteiger partial charge in [-0.05, 0) is 57.4 Å². The normalized spacial score (nSPS) is 14.7. The molecule has 4 rings (SSSR count). The monoisotopic (exact) mass is 393 g/mol. The van der Waals surface area contributed by atoms with Crippen molar-refractivity contribution >= 4 is 17.7 Å². The fourth-order valence-electron chi connectivity index (χ4n) is 3.06. The summed E-state index contributed by atoms with van der Waals surface area (Å²) in [5.41, 5.74) is 4.22. The number of nitrogens with zero attached hydrogens (tertiary/aromatic N) is 4. The number of amides is 1. The molecule has 1 N–H and O–H groups in total. The highest BCUT2D eigenvalue weighted by Crippen LogP contribution is 2.32. The summed E-state index contributed by atoms with van der Waals surface area (Å²) in [7, 11) is 0. The third-order valence-electron chi connectivity index (χ3n) is 4.72. The Bertz CT molecular complexity index is 997. The van der Waals surface area contributed by atoms with Crippen molar-refractivity contribution in [1.82, 2.24) is 25.1 Å². The number of carbonyl (C=O) groups excluding carboxylic acids is 1.